The van der Waals surface area contributed by atoms with E-state index >= 15 is 0 Å². The number of anilines is 1. The Balaban J connectivity index is 2.00. The fraction of sp³-hybridized carbons (Fsp3) is 0.462. The third-order valence-electron chi connectivity index (χ3n) is 3.18. The number of benzene rings is 1. The molecule has 0 aliphatic carbocycles. The number of piperidine rings is 1. The highest BCUT2D eigenvalue weighted by atomic mass is 35.5. The van der Waals surface area contributed by atoms with Gasteiger partial charge in [-0.2, -0.15) is 0 Å². The topological polar surface area (TPSA) is 41.1 Å². The zero-order valence-electron chi connectivity index (χ0n) is 10.2. The SMILES string of the molecule is CC1CC(C(=O)Nc2ccc(Cl)c(F)c2)CCN1. The molecule has 2 N–H and O–H groups in total. The molecule has 1 aromatic carbocycles. The van der Waals surface area contributed by atoms with Crippen molar-refractivity contribution in [1.29, 1.82) is 0 Å². The van der Waals surface area contributed by atoms with Gasteiger partial charge in [0.2, 0.25) is 5.91 Å². The predicted octanol–water partition coefficient (Wildman–Crippen LogP) is 2.81. The van der Waals surface area contributed by atoms with Gasteiger partial charge in [0.25, 0.3) is 0 Å². The molecule has 18 heavy (non-hydrogen) atoms. The van der Waals surface area contributed by atoms with E-state index in [1.54, 1.807) is 6.07 Å². The van der Waals surface area contributed by atoms with E-state index in [0.29, 0.717) is 11.7 Å². The Bertz CT molecular complexity index is 453. The van der Waals surface area contributed by atoms with E-state index in [2.05, 4.69) is 17.6 Å². The van der Waals surface area contributed by atoms with E-state index in [0.717, 1.165) is 19.4 Å². The first-order valence-corrected chi connectivity index (χ1v) is 6.43. The summed E-state index contributed by atoms with van der Waals surface area (Å²) in [5.41, 5.74) is 0.452. The van der Waals surface area contributed by atoms with Crippen molar-refractivity contribution in [3.8, 4) is 0 Å². The Labute approximate surface area is 111 Å². The van der Waals surface area contributed by atoms with E-state index in [4.69, 9.17) is 11.6 Å². The molecule has 1 amide bonds. The largest absolute Gasteiger partial charge is 0.326 e. The Morgan fingerprint density at radius 1 is 1.56 bits per heavy atom. The highest BCUT2D eigenvalue weighted by molar-refractivity contribution is 6.30. The summed E-state index contributed by atoms with van der Waals surface area (Å²) in [6.45, 7) is 2.90. The van der Waals surface area contributed by atoms with Gasteiger partial charge < -0.3 is 10.6 Å². The molecule has 98 valence electrons. The zero-order valence-corrected chi connectivity index (χ0v) is 10.9. The van der Waals surface area contributed by atoms with Crippen LogP contribution in [0, 0.1) is 11.7 Å². The maximum absolute atomic E-state index is 13.2. The van der Waals surface area contributed by atoms with Gasteiger partial charge in [0.15, 0.2) is 0 Å². The van der Waals surface area contributed by atoms with Crippen molar-refractivity contribution < 1.29 is 9.18 Å². The van der Waals surface area contributed by atoms with Crippen LogP contribution in [0.15, 0.2) is 18.2 Å². The first kappa shape index (κ1) is 13.3. The summed E-state index contributed by atoms with van der Waals surface area (Å²) in [4.78, 5) is 12.0. The number of carbonyl (C=O) groups is 1. The van der Waals surface area contributed by atoms with Gasteiger partial charge in [-0.25, -0.2) is 4.39 Å². The van der Waals surface area contributed by atoms with Crippen molar-refractivity contribution in [2.75, 3.05) is 11.9 Å². The lowest BCUT2D eigenvalue weighted by Crippen LogP contribution is -2.40. The molecule has 1 aliphatic heterocycles. The fourth-order valence-electron chi connectivity index (χ4n) is 2.19. The van der Waals surface area contributed by atoms with Crippen LogP contribution in [0.2, 0.25) is 5.02 Å². The second-order valence-electron chi connectivity index (χ2n) is 4.69. The number of halogens is 2. The molecule has 2 atom stereocenters. The van der Waals surface area contributed by atoms with Crippen molar-refractivity contribution in [3.63, 3.8) is 0 Å². The van der Waals surface area contributed by atoms with E-state index in [9.17, 15) is 9.18 Å². The Kier molecular flexibility index (Phi) is 4.19. The molecule has 0 aromatic heterocycles. The Hall–Kier alpha value is -1.13. The van der Waals surface area contributed by atoms with Crippen LogP contribution in [0.1, 0.15) is 19.8 Å². The lowest BCUT2D eigenvalue weighted by atomic mass is 9.92. The second kappa shape index (κ2) is 5.67. The van der Waals surface area contributed by atoms with Crippen LogP contribution in [0.3, 0.4) is 0 Å². The van der Waals surface area contributed by atoms with Gasteiger partial charge in [-0.15, -0.1) is 0 Å². The molecule has 3 nitrogen and oxygen atoms in total. The molecule has 1 aliphatic rings. The minimum Gasteiger partial charge on any atom is -0.326 e. The van der Waals surface area contributed by atoms with Crippen molar-refractivity contribution in [1.82, 2.24) is 5.32 Å². The normalized spacial score (nSPS) is 23.7. The third-order valence-corrected chi connectivity index (χ3v) is 3.49. The lowest BCUT2D eigenvalue weighted by molar-refractivity contribution is -0.120. The molecule has 0 spiro atoms. The quantitative estimate of drug-likeness (QED) is 0.868. The molecule has 5 heteroatoms. The van der Waals surface area contributed by atoms with Gasteiger partial charge in [0, 0.05) is 17.6 Å². The second-order valence-corrected chi connectivity index (χ2v) is 5.10. The smallest absolute Gasteiger partial charge is 0.227 e. The van der Waals surface area contributed by atoms with Crippen LogP contribution in [0.25, 0.3) is 0 Å². The van der Waals surface area contributed by atoms with Crippen LogP contribution in [-0.2, 0) is 4.79 Å². The molecule has 2 rings (SSSR count). The molecule has 0 saturated carbocycles. The van der Waals surface area contributed by atoms with E-state index in [1.807, 2.05) is 0 Å². The summed E-state index contributed by atoms with van der Waals surface area (Å²) in [6.07, 6.45) is 1.62. The third kappa shape index (κ3) is 3.21. The summed E-state index contributed by atoms with van der Waals surface area (Å²) in [6, 6.07) is 4.63. The molecule has 1 aromatic rings. The van der Waals surface area contributed by atoms with E-state index in [-0.39, 0.29) is 16.8 Å². The zero-order chi connectivity index (χ0) is 13.1. The summed E-state index contributed by atoms with van der Waals surface area (Å²) in [5.74, 6) is -0.585. The highest BCUT2D eigenvalue weighted by Gasteiger charge is 2.24. The van der Waals surface area contributed by atoms with E-state index < -0.39 is 5.82 Å². The number of carbonyl (C=O) groups excluding carboxylic acids is 1. The lowest BCUT2D eigenvalue weighted by Gasteiger charge is -2.27. The number of nitrogens with one attached hydrogen (secondary N) is 2. The summed E-state index contributed by atoms with van der Waals surface area (Å²) < 4.78 is 13.2. The molecule has 0 radical (unpaired) electrons. The molecular formula is C13H16ClFN2O. The van der Waals surface area contributed by atoms with Crippen LogP contribution in [0.5, 0.6) is 0 Å². The van der Waals surface area contributed by atoms with Gasteiger partial charge in [0.05, 0.1) is 5.02 Å². The average molecular weight is 271 g/mol. The van der Waals surface area contributed by atoms with Gasteiger partial charge in [-0.3, -0.25) is 4.79 Å². The van der Waals surface area contributed by atoms with Gasteiger partial charge in [0.1, 0.15) is 5.82 Å². The van der Waals surface area contributed by atoms with Crippen LogP contribution < -0.4 is 10.6 Å². The standard InChI is InChI=1S/C13H16ClFN2O/c1-8-6-9(4-5-16-8)13(18)17-10-2-3-11(14)12(15)7-10/h2-3,7-9,16H,4-6H2,1H3,(H,17,18). The Morgan fingerprint density at radius 3 is 3.00 bits per heavy atom. The first-order chi connectivity index (χ1) is 8.56. The van der Waals surface area contributed by atoms with Gasteiger partial charge in [-0.05, 0) is 44.5 Å². The van der Waals surface area contributed by atoms with Gasteiger partial charge >= 0.3 is 0 Å². The number of rotatable bonds is 2. The monoisotopic (exact) mass is 270 g/mol. The predicted molar refractivity (Wildman–Crippen MR) is 70.2 cm³/mol. The summed E-state index contributed by atoms with van der Waals surface area (Å²) in [5, 5.41) is 6.08. The number of amides is 1. The highest BCUT2D eigenvalue weighted by Crippen LogP contribution is 2.21. The van der Waals surface area contributed by atoms with Gasteiger partial charge in [-0.1, -0.05) is 11.6 Å². The molecule has 2 unspecified atom stereocenters. The molecule has 1 heterocycles. The minimum absolute atomic E-state index is 0.0139. The maximum atomic E-state index is 13.2. The van der Waals surface area contributed by atoms with Crippen LogP contribution >= 0.6 is 11.6 Å². The number of hydrogen-bond acceptors (Lipinski definition) is 2. The molecule has 0 bridgehead atoms. The van der Waals surface area contributed by atoms with Crippen LogP contribution in [-0.4, -0.2) is 18.5 Å². The number of hydrogen-bond donors (Lipinski definition) is 2. The van der Waals surface area contributed by atoms with Crippen molar-refractivity contribution in [2.45, 2.75) is 25.8 Å². The summed E-state index contributed by atoms with van der Waals surface area (Å²) in [7, 11) is 0. The molecular weight excluding hydrogens is 255 g/mol. The maximum Gasteiger partial charge on any atom is 0.227 e. The van der Waals surface area contributed by atoms with E-state index in [1.165, 1.54) is 12.1 Å². The van der Waals surface area contributed by atoms with Crippen molar-refractivity contribution in [2.24, 2.45) is 5.92 Å². The molecule has 1 saturated heterocycles. The van der Waals surface area contributed by atoms with Crippen LogP contribution in [0.4, 0.5) is 10.1 Å². The molecule has 1 fully saturated rings. The fourth-order valence-corrected chi connectivity index (χ4v) is 2.31. The Morgan fingerprint density at radius 2 is 2.33 bits per heavy atom. The van der Waals surface area contributed by atoms with Crippen molar-refractivity contribution >= 4 is 23.2 Å². The van der Waals surface area contributed by atoms with Crippen molar-refractivity contribution in [3.05, 3.63) is 29.0 Å². The first-order valence-electron chi connectivity index (χ1n) is 6.05. The minimum atomic E-state index is -0.520. The average Bonchev–Trinajstić information content (AvgIpc) is 2.34. The summed E-state index contributed by atoms with van der Waals surface area (Å²) >= 11 is 5.59.